The molecule has 0 aromatic carbocycles. The topological polar surface area (TPSA) is 59.8 Å². The number of carbonyl (C=O) groups excluding carboxylic acids is 1. The first-order valence-electron chi connectivity index (χ1n) is 6.79. The first-order chi connectivity index (χ1) is 9.52. The van der Waals surface area contributed by atoms with Crippen LogP contribution < -0.4 is 5.32 Å². The Morgan fingerprint density at radius 1 is 1.50 bits per heavy atom. The van der Waals surface area contributed by atoms with Gasteiger partial charge in [0.05, 0.1) is 16.7 Å². The number of aromatic nitrogens is 3. The lowest BCUT2D eigenvalue weighted by atomic mass is 10.2. The number of nitrogens with zero attached hydrogens (tertiary/aromatic N) is 3. The fraction of sp³-hybridized carbons (Fsp3) is 0.500. The van der Waals surface area contributed by atoms with Gasteiger partial charge in [-0.2, -0.15) is 5.10 Å². The standard InChI is InChI=1S/C14H20N4OS/c1-5-8-18-12(6-7-15-18)14(19)17-10(3)13-9(2)16-11(4)20-13/h6-7,10H,5,8H2,1-4H3,(H,17,19). The van der Waals surface area contributed by atoms with Crippen LogP contribution in [0.5, 0.6) is 0 Å². The average molecular weight is 292 g/mol. The zero-order chi connectivity index (χ0) is 14.7. The van der Waals surface area contributed by atoms with Gasteiger partial charge < -0.3 is 5.32 Å². The van der Waals surface area contributed by atoms with Crippen LogP contribution in [0.2, 0.25) is 0 Å². The van der Waals surface area contributed by atoms with Gasteiger partial charge in [0.2, 0.25) is 0 Å². The monoisotopic (exact) mass is 292 g/mol. The van der Waals surface area contributed by atoms with E-state index in [0.717, 1.165) is 28.5 Å². The van der Waals surface area contributed by atoms with Gasteiger partial charge in [0.15, 0.2) is 0 Å². The highest BCUT2D eigenvalue weighted by Gasteiger charge is 2.18. The van der Waals surface area contributed by atoms with Crippen molar-refractivity contribution in [1.82, 2.24) is 20.1 Å². The van der Waals surface area contributed by atoms with E-state index in [2.05, 4.69) is 22.3 Å². The summed E-state index contributed by atoms with van der Waals surface area (Å²) in [5, 5.41) is 8.22. The predicted octanol–water partition coefficient (Wildman–Crippen LogP) is 2.86. The molecule has 1 unspecified atom stereocenters. The summed E-state index contributed by atoms with van der Waals surface area (Å²) in [4.78, 5) is 17.8. The zero-order valence-electron chi connectivity index (χ0n) is 12.3. The van der Waals surface area contributed by atoms with Crippen molar-refractivity contribution < 1.29 is 4.79 Å². The number of amides is 1. The molecule has 0 fully saturated rings. The van der Waals surface area contributed by atoms with E-state index in [1.807, 2.05) is 20.8 Å². The number of aryl methyl sites for hydroxylation is 3. The SMILES string of the molecule is CCCn1nccc1C(=O)NC(C)c1sc(C)nc1C. The van der Waals surface area contributed by atoms with E-state index in [4.69, 9.17) is 0 Å². The third-order valence-corrected chi connectivity index (χ3v) is 4.32. The van der Waals surface area contributed by atoms with Crippen molar-refractivity contribution in [3.63, 3.8) is 0 Å². The van der Waals surface area contributed by atoms with Gasteiger partial charge in [0.1, 0.15) is 5.69 Å². The minimum atomic E-state index is -0.0890. The molecule has 1 amide bonds. The lowest BCUT2D eigenvalue weighted by Gasteiger charge is -2.13. The Kier molecular flexibility index (Phi) is 4.54. The molecule has 1 atom stereocenters. The van der Waals surface area contributed by atoms with E-state index in [1.165, 1.54) is 0 Å². The van der Waals surface area contributed by atoms with Gasteiger partial charge in [0, 0.05) is 17.6 Å². The lowest BCUT2D eigenvalue weighted by molar-refractivity contribution is 0.0929. The van der Waals surface area contributed by atoms with E-state index in [-0.39, 0.29) is 11.9 Å². The Morgan fingerprint density at radius 3 is 2.85 bits per heavy atom. The summed E-state index contributed by atoms with van der Waals surface area (Å²) in [7, 11) is 0. The molecule has 1 N–H and O–H groups in total. The van der Waals surface area contributed by atoms with Crippen molar-refractivity contribution in [3.05, 3.63) is 33.5 Å². The van der Waals surface area contributed by atoms with Gasteiger partial charge in [-0.05, 0) is 33.3 Å². The molecule has 5 nitrogen and oxygen atoms in total. The molecule has 2 aromatic heterocycles. The highest BCUT2D eigenvalue weighted by Crippen LogP contribution is 2.24. The quantitative estimate of drug-likeness (QED) is 0.922. The summed E-state index contributed by atoms with van der Waals surface area (Å²) in [5.74, 6) is -0.0890. The molecule has 2 aromatic rings. The van der Waals surface area contributed by atoms with Gasteiger partial charge in [-0.25, -0.2) is 4.98 Å². The molecule has 0 saturated heterocycles. The molecule has 0 saturated carbocycles. The third-order valence-electron chi connectivity index (χ3n) is 3.06. The number of rotatable bonds is 5. The minimum absolute atomic E-state index is 0.0429. The fourth-order valence-corrected chi connectivity index (χ4v) is 3.13. The van der Waals surface area contributed by atoms with Gasteiger partial charge in [-0.1, -0.05) is 6.92 Å². The number of hydrogen-bond donors (Lipinski definition) is 1. The molecule has 6 heteroatoms. The highest BCUT2D eigenvalue weighted by atomic mass is 32.1. The van der Waals surface area contributed by atoms with Crippen molar-refractivity contribution in [1.29, 1.82) is 0 Å². The molecule has 2 heterocycles. The van der Waals surface area contributed by atoms with Crippen LogP contribution in [0.25, 0.3) is 0 Å². The first-order valence-corrected chi connectivity index (χ1v) is 7.61. The zero-order valence-corrected chi connectivity index (χ0v) is 13.1. The summed E-state index contributed by atoms with van der Waals surface area (Å²) < 4.78 is 1.74. The Morgan fingerprint density at radius 2 is 2.25 bits per heavy atom. The Hall–Kier alpha value is -1.69. The number of nitrogens with one attached hydrogen (secondary N) is 1. The second kappa shape index (κ2) is 6.17. The molecule has 0 aliphatic carbocycles. The fourth-order valence-electron chi connectivity index (χ4n) is 2.20. The van der Waals surface area contributed by atoms with Gasteiger partial charge in [0.25, 0.3) is 5.91 Å². The first kappa shape index (κ1) is 14.7. The van der Waals surface area contributed by atoms with Gasteiger partial charge in [-0.3, -0.25) is 9.48 Å². The van der Waals surface area contributed by atoms with Crippen LogP contribution in [0, 0.1) is 13.8 Å². The van der Waals surface area contributed by atoms with Crippen LogP contribution in [-0.2, 0) is 6.54 Å². The van der Waals surface area contributed by atoms with E-state index in [1.54, 1.807) is 28.3 Å². The summed E-state index contributed by atoms with van der Waals surface area (Å²) in [5.41, 5.74) is 1.60. The maximum absolute atomic E-state index is 12.3. The lowest BCUT2D eigenvalue weighted by Crippen LogP contribution is -2.28. The second-order valence-electron chi connectivity index (χ2n) is 4.82. The van der Waals surface area contributed by atoms with E-state index in [9.17, 15) is 4.79 Å². The summed E-state index contributed by atoms with van der Waals surface area (Å²) >= 11 is 1.63. The molecular formula is C14H20N4OS. The summed E-state index contributed by atoms with van der Waals surface area (Å²) in [6, 6.07) is 1.71. The molecule has 0 spiro atoms. The second-order valence-corrected chi connectivity index (χ2v) is 6.05. The van der Waals surface area contributed by atoms with Crippen molar-refractivity contribution in [2.45, 2.75) is 46.7 Å². The van der Waals surface area contributed by atoms with Crippen molar-refractivity contribution in [3.8, 4) is 0 Å². The number of thiazole rings is 1. The Balaban J connectivity index is 2.11. The van der Waals surface area contributed by atoms with Crippen molar-refractivity contribution >= 4 is 17.2 Å². The van der Waals surface area contributed by atoms with Crippen LogP contribution in [0.1, 0.15) is 52.4 Å². The molecule has 0 aliphatic heterocycles. The van der Waals surface area contributed by atoms with Crippen molar-refractivity contribution in [2.24, 2.45) is 0 Å². The van der Waals surface area contributed by atoms with Crippen LogP contribution in [0.3, 0.4) is 0 Å². The van der Waals surface area contributed by atoms with Crippen LogP contribution >= 0.6 is 11.3 Å². The van der Waals surface area contributed by atoms with E-state index in [0.29, 0.717) is 5.69 Å². The minimum Gasteiger partial charge on any atom is -0.343 e. The van der Waals surface area contributed by atoms with Gasteiger partial charge >= 0.3 is 0 Å². The number of carbonyl (C=O) groups is 1. The summed E-state index contributed by atoms with van der Waals surface area (Å²) in [6.45, 7) is 8.76. The summed E-state index contributed by atoms with van der Waals surface area (Å²) in [6.07, 6.45) is 2.61. The molecule has 0 radical (unpaired) electrons. The molecular weight excluding hydrogens is 272 g/mol. The van der Waals surface area contributed by atoms with E-state index >= 15 is 0 Å². The molecule has 20 heavy (non-hydrogen) atoms. The molecule has 0 bridgehead atoms. The van der Waals surface area contributed by atoms with Crippen LogP contribution in [0.4, 0.5) is 0 Å². The highest BCUT2D eigenvalue weighted by molar-refractivity contribution is 7.11. The Labute approximate surface area is 123 Å². The maximum atomic E-state index is 12.3. The third kappa shape index (κ3) is 3.07. The molecule has 2 rings (SSSR count). The molecule has 0 aliphatic rings. The van der Waals surface area contributed by atoms with Crippen LogP contribution in [-0.4, -0.2) is 20.7 Å². The normalized spacial score (nSPS) is 12.4. The maximum Gasteiger partial charge on any atom is 0.270 e. The smallest absolute Gasteiger partial charge is 0.270 e. The largest absolute Gasteiger partial charge is 0.343 e. The molecule has 108 valence electrons. The Bertz CT molecular complexity index is 602. The van der Waals surface area contributed by atoms with E-state index < -0.39 is 0 Å². The predicted molar refractivity (Wildman–Crippen MR) is 80.0 cm³/mol. The number of hydrogen-bond acceptors (Lipinski definition) is 4. The average Bonchev–Trinajstić information content (AvgIpc) is 2.96. The van der Waals surface area contributed by atoms with Crippen LogP contribution in [0.15, 0.2) is 12.3 Å². The van der Waals surface area contributed by atoms with Crippen molar-refractivity contribution in [2.75, 3.05) is 0 Å². The van der Waals surface area contributed by atoms with Gasteiger partial charge in [-0.15, -0.1) is 11.3 Å².